The molecule has 8 nitrogen and oxygen atoms in total. The number of hydrogen-bond donors (Lipinski definition) is 1. The summed E-state index contributed by atoms with van der Waals surface area (Å²) in [5.41, 5.74) is 0.848. The molecule has 0 aliphatic rings. The molecule has 0 radical (unpaired) electrons. The van der Waals surface area contributed by atoms with Gasteiger partial charge in [-0.25, -0.2) is 12.7 Å². The zero-order valence-corrected chi connectivity index (χ0v) is 22.8. The number of benzene rings is 2. The van der Waals surface area contributed by atoms with Gasteiger partial charge in [0.2, 0.25) is 21.8 Å². The van der Waals surface area contributed by atoms with Gasteiger partial charge in [-0.1, -0.05) is 44.2 Å². The first-order valence-electron chi connectivity index (χ1n) is 12.4. The van der Waals surface area contributed by atoms with Crippen molar-refractivity contribution in [2.24, 2.45) is 0 Å². The lowest BCUT2D eigenvalue weighted by Gasteiger charge is -2.31. The lowest BCUT2D eigenvalue weighted by molar-refractivity contribution is -0.141. The largest absolute Gasteiger partial charge is 0.497 e. The molecular weight excluding hydrogens is 478 g/mol. The van der Waals surface area contributed by atoms with Crippen molar-refractivity contribution in [1.82, 2.24) is 14.5 Å². The summed E-state index contributed by atoms with van der Waals surface area (Å²) in [6.07, 6.45) is 1.69. The summed E-state index contributed by atoms with van der Waals surface area (Å²) in [5, 5.41) is 2.99. The number of nitrogens with zero attached hydrogens (tertiary/aromatic N) is 2. The van der Waals surface area contributed by atoms with Crippen LogP contribution < -0.4 is 10.1 Å². The summed E-state index contributed by atoms with van der Waals surface area (Å²) in [4.78, 5) is 28.3. The highest BCUT2D eigenvalue weighted by Crippen LogP contribution is 2.19. The minimum absolute atomic E-state index is 0.00263. The topological polar surface area (TPSA) is 96.0 Å². The summed E-state index contributed by atoms with van der Waals surface area (Å²) in [6.45, 7) is 6.24. The van der Waals surface area contributed by atoms with Crippen LogP contribution >= 0.6 is 0 Å². The number of sulfonamides is 1. The van der Waals surface area contributed by atoms with Crippen molar-refractivity contribution in [2.45, 2.75) is 70.0 Å². The Kier molecular flexibility index (Phi) is 11.4. The minimum atomic E-state index is -3.63. The molecule has 0 fully saturated rings. The quantitative estimate of drug-likeness (QED) is 0.411. The van der Waals surface area contributed by atoms with E-state index in [1.165, 1.54) is 11.4 Å². The SMILES string of the molecule is CC[C@H](C(=O)N[C@@H](C)CC)N(Cc1cccc(OC)c1)C(=O)CCCN(C)S(=O)(=O)c1ccccc1. The molecule has 0 aliphatic heterocycles. The third-order valence-corrected chi connectivity index (χ3v) is 8.06. The molecule has 0 saturated carbocycles. The van der Waals surface area contributed by atoms with E-state index < -0.39 is 16.1 Å². The molecule has 0 aliphatic carbocycles. The number of nitrogens with one attached hydrogen (secondary N) is 1. The zero-order chi connectivity index (χ0) is 26.7. The van der Waals surface area contributed by atoms with Gasteiger partial charge < -0.3 is 15.0 Å². The van der Waals surface area contributed by atoms with Crippen molar-refractivity contribution in [3.8, 4) is 5.75 Å². The summed E-state index contributed by atoms with van der Waals surface area (Å²) in [6, 6.07) is 15.0. The van der Waals surface area contributed by atoms with Crippen LogP contribution in [-0.2, 0) is 26.2 Å². The Morgan fingerprint density at radius 3 is 2.33 bits per heavy atom. The fourth-order valence-electron chi connectivity index (χ4n) is 3.82. The van der Waals surface area contributed by atoms with Crippen molar-refractivity contribution in [3.05, 3.63) is 60.2 Å². The first-order chi connectivity index (χ1) is 17.1. The second-order valence-electron chi connectivity index (χ2n) is 8.86. The smallest absolute Gasteiger partial charge is 0.243 e. The Hall–Kier alpha value is -2.91. The lowest BCUT2D eigenvalue weighted by atomic mass is 10.1. The highest BCUT2D eigenvalue weighted by Gasteiger charge is 2.29. The van der Waals surface area contributed by atoms with Crippen molar-refractivity contribution < 1.29 is 22.7 Å². The first kappa shape index (κ1) is 29.3. The molecule has 2 amide bonds. The third kappa shape index (κ3) is 8.06. The molecule has 0 unspecified atom stereocenters. The third-order valence-electron chi connectivity index (χ3n) is 6.19. The fraction of sp³-hybridized carbons (Fsp3) is 0.481. The number of amides is 2. The maximum atomic E-state index is 13.4. The molecule has 9 heteroatoms. The molecule has 0 spiro atoms. The standard InChI is InChI=1S/C27H39N3O5S/c1-6-21(3)28-27(32)25(7-2)30(20-22-13-11-14-23(19-22)35-5)26(31)17-12-18-29(4)36(33,34)24-15-9-8-10-16-24/h8-11,13-16,19,21,25H,6-7,12,17-18,20H2,1-5H3,(H,28,32)/t21-,25+/m0/s1. The molecule has 1 N–H and O–H groups in total. The zero-order valence-electron chi connectivity index (χ0n) is 21.9. The van der Waals surface area contributed by atoms with Gasteiger partial charge in [-0.3, -0.25) is 9.59 Å². The average Bonchev–Trinajstić information content (AvgIpc) is 2.88. The lowest BCUT2D eigenvalue weighted by Crippen LogP contribution is -2.50. The van der Waals surface area contributed by atoms with Gasteiger partial charge in [0, 0.05) is 32.6 Å². The van der Waals surface area contributed by atoms with Crippen LogP contribution in [0.3, 0.4) is 0 Å². The Labute approximate surface area is 215 Å². The van der Waals surface area contributed by atoms with Crippen LogP contribution in [0.15, 0.2) is 59.5 Å². The van der Waals surface area contributed by atoms with E-state index in [1.807, 2.05) is 45.0 Å². The maximum Gasteiger partial charge on any atom is 0.243 e. The molecule has 0 heterocycles. The number of hydrogen-bond acceptors (Lipinski definition) is 5. The van der Waals surface area contributed by atoms with E-state index in [0.717, 1.165) is 12.0 Å². The van der Waals surface area contributed by atoms with E-state index in [0.29, 0.717) is 18.6 Å². The Bertz CT molecular complexity index is 1090. The normalized spacial score (nSPS) is 13.2. The molecule has 0 bridgehead atoms. The van der Waals surface area contributed by atoms with E-state index in [9.17, 15) is 18.0 Å². The highest BCUT2D eigenvalue weighted by atomic mass is 32.2. The van der Waals surface area contributed by atoms with E-state index in [2.05, 4.69) is 5.32 Å². The second-order valence-corrected chi connectivity index (χ2v) is 10.9. The highest BCUT2D eigenvalue weighted by molar-refractivity contribution is 7.89. The van der Waals surface area contributed by atoms with Crippen LogP contribution in [0.2, 0.25) is 0 Å². The van der Waals surface area contributed by atoms with E-state index in [4.69, 9.17) is 4.74 Å². The molecule has 198 valence electrons. The number of methoxy groups -OCH3 is 1. The first-order valence-corrected chi connectivity index (χ1v) is 13.8. The van der Waals surface area contributed by atoms with Gasteiger partial charge in [-0.2, -0.15) is 0 Å². The number of ether oxygens (including phenoxy) is 1. The summed E-state index contributed by atoms with van der Waals surface area (Å²) >= 11 is 0. The molecule has 2 atom stereocenters. The number of rotatable bonds is 14. The Balaban J connectivity index is 2.16. The van der Waals surface area contributed by atoms with Gasteiger partial charge in [0.1, 0.15) is 11.8 Å². The monoisotopic (exact) mass is 517 g/mol. The van der Waals surface area contributed by atoms with E-state index >= 15 is 0 Å². The van der Waals surface area contributed by atoms with Crippen molar-refractivity contribution in [2.75, 3.05) is 20.7 Å². The fourth-order valence-corrected chi connectivity index (χ4v) is 5.05. The summed E-state index contributed by atoms with van der Waals surface area (Å²) < 4.78 is 32.1. The molecule has 36 heavy (non-hydrogen) atoms. The van der Waals surface area contributed by atoms with Crippen molar-refractivity contribution in [3.63, 3.8) is 0 Å². The van der Waals surface area contributed by atoms with Crippen LogP contribution in [-0.4, -0.2) is 62.2 Å². The molecule has 0 saturated heterocycles. The second kappa shape index (κ2) is 14.0. The predicted molar refractivity (Wildman–Crippen MR) is 141 cm³/mol. The number of carbonyl (C=O) groups is 2. The molecule has 2 rings (SSSR count). The van der Waals surface area contributed by atoms with Crippen LogP contribution in [0.1, 0.15) is 52.0 Å². The van der Waals surface area contributed by atoms with Crippen LogP contribution in [0, 0.1) is 0 Å². The summed E-state index contributed by atoms with van der Waals surface area (Å²) in [7, 11) is -0.545. The van der Waals surface area contributed by atoms with Crippen LogP contribution in [0.4, 0.5) is 0 Å². The van der Waals surface area contributed by atoms with Crippen molar-refractivity contribution in [1.29, 1.82) is 0 Å². The molecular formula is C27H39N3O5S. The minimum Gasteiger partial charge on any atom is -0.497 e. The van der Waals surface area contributed by atoms with Gasteiger partial charge in [0.25, 0.3) is 0 Å². The Morgan fingerprint density at radius 2 is 1.72 bits per heavy atom. The van der Waals surface area contributed by atoms with E-state index in [1.54, 1.807) is 42.3 Å². The van der Waals surface area contributed by atoms with E-state index in [-0.39, 0.29) is 42.3 Å². The Morgan fingerprint density at radius 1 is 1.03 bits per heavy atom. The molecule has 0 aromatic heterocycles. The summed E-state index contributed by atoms with van der Waals surface area (Å²) in [5.74, 6) is 0.283. The van der Waals surface area contributed by atoms with Crippen LogP contribution in [0.25, 0.3) is 0 Å². The maximum absolute atomic E-state index is 13.4. The van der Waals surface area contributed by atoms with Crippen molar-refractivity contribution >= 4 is 21.8 Å². The van der Waals surface area contributed by atoms with Gasteiger partial charge in [-0.15, -0.1) is 0 Å². The molecule has 2 aromatic rings. The molecule has 2 aromatic carbocycles. The van der Waals surface area contributed by atoms with Crippen LogP contribution in [0.5, 0.6) is 5.75 Å². The van der Waals surface area contributed by atoms with Gasteiger partial charge in [0.15, 0.2) is 0 Å². The van der Waals surface area contributed by atoms with Gasteiger partial charge in [-0.05, 0) is 56.0 Å². The average molecular weight is 518 g/mol. The van der Waals surface area contributed by atoms with Gasteiger partial charge in [0.05, 0.1) is 12.0 Å². The number of carbonyl (C=O) groups excluding carboxylic acids is 2. The van der Waals surface area contributed by atoms with Gasteiger partial charge >= 0.3 is 0 Å². The predicted octanol–water partition coefficient (Wildman–Crippen LogP) is 3.82.